The number of amides is 1. The monoisotopic (exact) mass is 215 g/mol. The molecule has 4 nitrogen and oxygen atoms in total. The Balaban J connectivity index is 2.32. The highest BCUT2D eigenvalue weighted by Gasteiger charge is 2.47. The average Bonchev–Trinajstić information content (AvgIpc) is 2.15. The second-order valence-electron chi connectivity index (χ2n) is 2.62. The number of thioether (sulfide) groups is 1. The number of nitrogens with zero attached hydrogens (tertiary/aromatic N) is 1. The van der Waals surface area contributed by atoms with Crippen LogP contribution in [0.3, 0.4) is 0 Å². The molecule has 68 valence electrons. The summed E-state index contributed by atoms with van der Waals surface area (Å²) in [6.07, 6.45) is 1.53. The molecule has 0 bridgehead atoms. The van der Waals surface area contributed by atoms with Gasteiger partial charge in [-0.2, -0.15) is 0 Å². The van der Waals surface area contributed by atoms with Crippen molar-refractivity contribution in [3.05, 3.63) is 11.8 Å². The molecule has 1 N–H and O–H groups in total. The van der Waals surface area contributed by atoms with Crippen LogP contribution in [0.1, 0.15) is 0 Å². The first-order chi connectivity index (χ1) is 6.13. The van der Waals surface area contributed by atoms with Crippen molar-refractivity contribution in [2.24, 2.45) is 0 Å². The van der Waals surface area contributed by atoms with Crippen molar-refractivity contribution in [3.63, 3.8) is 0 Å². The van der Waals surface area contributed by atoms with E-state index in [2.05, 4.69) is 0 Å². The van der Waals surface area contributed by atoms with Crippen LogP contribution in [0.5, 0.6) is 0 Å². The average molecular weight is 215 g/mol. The molecular weight excluding hydrogens is 210 g/mol. The van der Waals surface area contributed by atoms with E-state index < -0.39 is 5.97 Å². The van der Waals surface area contributed by atoms with E-state index in [4.69, 9.17) is 17.3 Å². The predicted molar refractivity (Wildman–Crippen MR) is 51.4 cm³/mol. The SMILES string of the molecule is O=C(O)C1=CCS[C@H]2C(=S)C(=O)N12. The van der Waals surface area contributed by atoms with Gasteiger partial charge in [-0.1, -0.05) is 12.2 Å². The number of hydrogen-bond donors (Lipinski definition) is 1. The van der Waals surface area contributed by atoms with Gasteiger partial charge in [0.15, 0.2) is 0 Å². The number of aliphatic carboxylic acids is 1. The maximum absolute atomic E-state index is 11.2. The van der Waals surface area contributed by atoms with Gasteiger partial charge < -0.3 is 5.11 Å². The lowest BCUT2D eigenvalue weighted by Crippen LogP contribution is -2.60. The van der Waals surface area contributed by atoms with Crippen molar-refractivity contribution in [1.82, 2.24) is 4.90 Å². The first kappa shape index (κ1) is 8.71. The van der Waals surface area contributed by atoms with Gasteiger partial charge in [0.05, 0.1) is 0 Å². The van der Waals surface area contributed by atoms with Gasteiger partial charge in [-0.3, -0.25) is 9.69 Å². The highest BCUT2D eigenvalue weighted by molar-refractivity contribution is 8.02. The van der Waals surface area contributed by atoms with E-state index in [0.29, 0.717) is 10.6 Å². The number of carboxylic acid groups (broad SMARTS) is 1. The number of carbonyl (C=O) groups excluding carboxylic acids is 1. The van der Waals surface area contributed by atoms with Crippen molar-refractivity contribution in [3.8, 4) is 0 Å². The number of fused-ring (bicyclic) bond motifs is 1. The Kier molecular flexibility index (Phi) is 1.88. The van der Waals surface area contributed by atoms with Crippen LogP contribution in [0, 0.1) is 0 Å². The Morgan fingerprint density at radius 2 is 2.46 bits per heavy atom. The minimum atomic E-state index is -1.07. The smallest absolute Gasteiger partial charge is 0.352 e. The maximum Gasteiger partial charge on any atom is 0.352 e. The lowest BCUT2D eigenvalue weighted by atomic mass is 10.1. The Bertz CT molecular complexity index is 350. The van der Waals surface area contributed by atoms with Crippen LogP contribution in [-0.4, -0.2) is 37.9 Å². The van der Waals surface area contributed by atoms with E-state index in [1.165, 1.54) is 22.7 Å². The Hall–Kier alpha value is -0.880. The molecule has 1 atom stereocenters. The van der Waals surface area contributed by atoms with E-state index in [9.17, 15) is 9.59 Å². The van der Waals surface area contributed by atoms with Crippen LogP contribution >= 0.6 is 24.0 Å². The molecule has 1 saturated heterocycles. The molecule has 2 aliphatic rings. The Morgan fingerprint density at radius 3 is 3.08 bits per heavy atom. The largest absolute Gasteiger partial charge is 0.477 e. The summed E-state index contributed by atoms with van der Waals surface area (Å²) in [5, 5.41) is 8.53. The van der Waals surface area contributed by atoms with E-state index >= 15 is 0 Å². The summed E-state index contributed by atoms with van der Waals surface area (Å²) >= 11 is 6.28. The fourth-order valence-corrected chi connectivity index (χ4v) is 2.73. The number of carbonyl (C=O) groups is 2. The lowest BCUT2D eigenvalue weighted by molar-refractivity contribution is -0.138. The third-order valence-corrected chi connectivity index (χ3v) is 3.57. The molecule has 0 radical (unpaired) electrons. The molecule has 2 aliphatic heterocycles. The molecule has 0 aromatic rings. The molecule has 0 aromatic carbocycles. The van der Waals surface area contributed by atoms with Crippen LogP contribution in [-0.2, 0) is 9.59 Å². The third kappa shape index (κ3) is 1.09. The fraction of sp³-hybridized carbons (Fsp3) is 0.286. The van der Waals surface area contributed by atoms with E-state index in [1.807, 2.05) is 0 Å². The van der Waals surface area contributed by atoms with E-state index in [0.717, 1.165) is 0 Å². The molecule has 13 heavy (non-hydrogen) atoms. The lowest BCUT2D eigenvalue weighted by Gasteiger charge is -2.42. The third-order valence-electron chi connectivity index (χ3n) is 1.90. The fourth-order valence-electron chi connectivity index (χ4n) is 1.27. The Morgan fingerprint density at radius 1 is 1.77 bits per heavy atom. The standard InChI is InChI=1S/C7H5NO3S2/c9-5-4(12)6-8(5)3(7(10)11)1-2-13-6/h1,6H,2H2,(H,10,11)/t6-/m0/s1. The van der Waals surface area contributed by atoms with Gasteiger partial charge in [-0.25, -0.2) is 4.79 Å². The zero-order valence-electron chi connectivity index (χ0n) is 6.39. The van der Waals surface area contributed by atoms with Crippen molar-refractivity contribution in [2.45, 2.75) is 5.37 Å². The van der Waals surface area contributed by atoms with Crippen LogP contribution in [0.2, 0.25) is 0 Å². The van der Waals surface area contributed by atoms with Crippen LogP contribution in [0.15, 0.2) is 11.8 Å². The molecule has 1 amide bonds. The minimum absolute atomic E-state index is 0.0577. The second-order valence-corrected chi connectivity index (χ2v) is 4.17. The normalized spacial score (nSPS) is 26.3. The van der Waals surface area contributed by atoms with Gasteiger partial charge in [0.25, 0.3) is 5.91 Å². The second kappa shape index (κ2) is 2.81. The van der Waals surface area contributed by atoms with Gasteiger partial charge in [0.2, 0.25) is 0 Å². The van der Waals surface area contributed by atoms with Crippen LogP contribution < -0.4 is 0 Å². The summed E-state index contributed by atoms with van der Waals surface area (Å²) in [4.78, 5) is 23.4. The number of carboxylic acids is 1. The summed E-state index contributed by atoms with van der Waals surface area (Å²) in [6.45, 7) is 0. The molecule has 6 heteroatoms. The molecule has 0 unspecified atom stereocenters. The maximum atomic E-state index is 11.2. The van der Waals surface area contributed by atoms with Gasteiger partial charge in [-0.15, -0.1) is 11.8 Å². The number of β-lactam (4-membered cyclic amide) rings is 1. The predicted octanol–water partition coefficient (Wildman–Crippen LogP) is 0.240. The van der Waals surface area contributed by atoms with Crippen molar-refractivity contribution >= 4 is 40.7 Å². The van der Waals surface area contributed by atoms with Crippen molar-refractivity contribution in [2.75, 3.05) is 5.75 Å². The molecule has 2 heterocycles. The highest BCUT2D eigenvalue weighted by atomic mass is 32.2. The quantitative estimate of drug-likeness (QED) is 0.501. The molecule has 0 spiro atoms. The number of thiocarbonyl (C=S) groups is 1. The zero-order chi connectivity index (χ0) is 9.59. The topological polar surface area (TPSA) is 57.6 Å². The van der Waals surface area contributed by atoms with E-state index in [-0.39, 0.29) is 17.0 Å². The van der Waals surface area contributed by atoms with Crippen LogP contribution in [0.25, 0.3) is 0 Å². The van der Waals surface area contributed by atoms with Gasteiger partial charge >= 0.3 is 5.97 Å². The van der Waals surface area contributed by atoms with Crippen molar-refractivity contribution in [1.29, 1.82) is 0 Å². The molecule has 1 fully saturated rings. The van der Waals surface area contributed by atoms with E-state index in [1.54, 1.807) is 0 Å². The summed E-state index contributed by atoms with van der Waals surface area (Å²) < 4.78 is 0. The number of hydrogen-bond acceptors (Lipinski definition) is 4. The molecule has 2 rings (SSSR count). The van der Waals surface area contributed by atoms with Gasteiger partial charge in [-0.05, 0) is 6.08 Å². The molecular formula is C7H5NO3S2. The highest BCUT2D eigenvalue weighted by Crippen LogP contribution is 2.35. The zero-order valence-corrected chi connectivity index (χ0v) is 8.02. The molecule has 0 aromatic heterocycles. The van der Waals surface area contributed by atoms with Gasteiger partial charge in [0, 0.05) is 5.75 Å². The molecule has 0 saturated carbocycles. The summed E-state index contributed by atoms with van der Waals surface area (Å²) in [6, 6.07) is 0. The van der Waals surface area contributed by atoms with Gasteiger partial charge in [0.1, 0.15) is 15.9 Å². The summed E-state index contributed by atoms with van der Waals surface area (Å²) in [7, 11) is 0. The van der Waals surface area contributed by atoms with Crippen LogP contribution in [0.4, 0.5) is 0 Å². The first-order valence-electron chi connectivity index (χ1n) is 3.55. The van der Waals surface area contributed by atoms with Crippen molar-refractivity contribution < 1.29 is 14.7 Å². The number of rotatable bonds is 1. The Labute approximate surface area is 83.6 Å². The summed E-state index contributed by atoms with van der Waals surface area (Å²) in [5.74, 6) is -0.821. The minimum Gasteiger partial charge on any atom is -0.477 e. The summed E-state index contributed by atoms with van der Waals surface area (Å²) in [5.41, 5.74) is 0.0577. The first-order valence-corrected chi connectivity index (χ1v) is 5.01. The molecule has 0 aliphatic carbocycles.